The molecule has 0 bridgehead atoms. The molecule has 0 atom stereocenters. The minimum atomic E-state index is 0.736. The summed E-state index contributed by atoms with van der Waals surface area (Å²) in [6.07, 6.45) is 0.910. The van der Waals surface area contributed by atoms with Crippen molar-refractivity contribution in [1.29, 1.82) is 0 Å². The Morgan fingerprint density at radius 1 is 0.897 bits per heavy atom. The molecule has 1 aliphatic heterocycles. The lowest BCUT2D eigenvalue weighted by molar-refractivity contribution is 0.353. The van der Waals surface area contributed by atoms with E-state index in [-0.39, 0.29) is 0 Å². The molecule has 150 valence electrons. The second-order valence-corrected chi connectivity index (χ2v) is 7.33. The summed E-state index contributed by atoms with van der Waals surface area (Å²) >= 11 is 0. The molecule has 6 nitrogen and oxygen atoms in total. The molecule has 1 N–H and O–H groups in total. The molecule has 0 saturated heterocycles. The van der Waals surface area contributed by atoms with E-state index in [1.807, 2.05) is 13.0 Å². The van der Waals surface area contributed by atoms with Gasteiger partial charge < -0.3 is 19.7 Å². The number of nitrogens with zero attached hydrogens (tertiary/aromatic N) is 3. The summed E-state index contributed by atoms with van der Waals surface area (Å²) in [5.74, 6) is 3.06. The van der Waals surface area contributed by atoms with Gasteiger partial charge in [0.25, 0.3) is 0 Å². The fourth-order valence-corrected chi connectivity index (χ4v) is 3.60. The number of hydrogen-bond donors (Lipinski definition) is 1. The van der Waals surface area contributed by atoms with Gasteiger partial charge in [0.1, 0.15) is 5.82 Å². The zero-order valence-corrected chi connectivity index (χ0v) is 17.3. The molecule has 0 radical (unpaired) electrons. The van der Waals surface area contributed by atoms with Crippen LogP contribution in [0.15, 0.2) is 42.5 Å². The molecular weight excluding hydrogens is 364 g/mol. The van der Waals surface area contributed by atoms with Crippen LogP contribution < -0.4 is 19.7 Å². The van der Waals surface area contributed by atoms with E-state index in [9.17, 15) is 0 Å². The molecule has 0 amide bonds. The standard InChI is InChI=1S/C23H26N4O2/c1-15-5-7-19(8-6-15)25-22-11-16(2)24-23(26-22)27-10-9-17-12-20(28-3)21(29-4)13-18(17)14-27/h5-8,11-13H,9-10,14H2,1-4H3,(H,24,25,26). The molecule has 0 spiro atoms. The van der Waals surface area contributed by atoms with E-state index >= 15 is 0 Å². The van der Waals surface area contributed by atoms with Crippen LogP contribution in [-0.4, -0.2) is 30.7 Å². The molecule has 0 aliphatic carbocycles. The summed E-state index contributed by atoms with van der Waals surface area (Å²) in [4.78, 5) is 11.7. The van der Waals surface area contributed by atoms with Crippen molar-refractivity contribution >= 4 is 17.5 Å². The van der Waals surface area contributed by atoms with Gasteiger partial charge in [-0.1, -0.05) is 17.7 Å². The lowest BCUT2D eigenvalue weighted by atomic mass is 9.99. The summed E-state index contributed by atoms with van der Waals surface area (Å²) < 4.78 is 10.9. The molecular formula is C23H26N4O2. The van der Waals surface area contributed by atoms with E-state index in [1.165, 1.54) is 16.7 Å². The summed E-state index contributed by atoms with van der Waals surface area (Å²) in [5, 5.41) is 3.39. The third kappa shape index (κ3) is 4.11. The molecule has 29 heavy (non-hydrogen) atoms. The molecule has 3 aromatic rings. The average Bonchev–Trinajstić information content (AvgIpc) is 2.73. The van der Waals surface area contributed by atoms with E-state index in [4.69, 9.17) is 14.5 Å². The van der Waals surface area contributed by atoms with E-state index in [2.05, 4.69) is 58.5 Å². The number of hydrogen-bond acceptors (Lipinski definition) is 6. The zero-order chi connectivity index (χ0) is 20.4. The molecule has 0 unspecified atom stereocenters. The Morgan fingerprint density at radius 2 is 1.59 bits per heavy atom. The average molecular weight is 390 g/mol. The van der Waals surface area contributed by atoms with Gasteiger partial charge in [0.05, 0.1) is 14.2 Å². The van der Waals surface area contributed by atoms with Crippen LogP contribution in [0.1, 0.15) is 22.4 Å². The van der Waals surface area contributed by atoms with Crippen LogP contribution in [0.2, 0.25) is 0 Å². The molecule has 2 heterocycles. The highest BCUT2D eigenvalue weighted by Gasteiger charge is 2.21. The fourth-order valence-electron chi connectivity index (χ4n) is 3.60. The Balaban J connectivity index is 1.59. The van der Waals surface area contributed by atoms with Crippen molar-refractivity contribution < 1.29 is 9.47 Å². The maximum Gasteiger partial charge on any atom is 0.227 e. The van der Waals surface area contributed by atoms with Gasteiger partial charge >= 0.3 is 0 Å². The van der Waals surface area contributed by atoms with Gasteiger partial charge in [-0.25, -0.2) is 4.98 Å². The van der Waals surface area contributed by atoms with Gasteiger partial charge in [-0.05, 0) is 55.7 Å². The Morgan fingerprint density at radius 3 is 2.28 bits per heavy atom. The normalized spacial score (nSPS) is 13.0. The molecule has 1 aliphatic rings. The maximum absolute atomic E-state index is 5.47. The first-order chi connectivity index (χ1) is 14.1. The SMILES string of the molecule is COc1cc2c(cc1OC)CN(c1nc(C)cc(Nc3ccc(C)cc3)n1)CC2. The number of aryl methyl sites for hydroxylation is 2. The van der Waals surface area contributed by atoms with Crippen LogP contribution in [0.25, 0.3) is 0 Å². The minimum absolute atomic E-state index is 0.736. The fraction of sp³-hybridized carbons (Fsp3) is 0.304. The van der Waals surface area contributed by atoms with Gasteiger partial charge in [-0.2, -0.15) is 4.98 Å². The van der Waals surface area contributed by atoms with Crippen molar-refractivity contribution in [3.8, 4) is 11.5 Å². The van der Waals surface area contributed by atoms with Gasteiger partial charge in [0.2, 0.25) is 5.95 Å². The van der Waals surface area contributed by atoms with Crippen molar-refractivity contribution in [2.75, 3.05) is 31.0 Å². The first-order valence-electron chi connectivity index (χ1n) is 9.74. The number of rotatable bonds is 5. The Bertz CT molecular complexity index is 1020. The third-order valence-corrected chi connectivity index (χ3v) is 5.17. The first kappa shape index (κ1) is 19.1. The molecule has 0 fully saturated rings. The smallest absolute Gasteiger partial charge is 0.227 e. The van der Waals surface area contributed by atoms with Crippen LogP contribution >= 0.6 is 0 Å². The van der Waals surface area contributed by atoms with Gasteiger partial charge in [0.15, 0.2) is 11.5 Å². The van der Waals surface area contributed by atoms with E-state index in [0.29, 0.717) is 0 Å². The van der Waals surface area contributed by atoms with Crippen LogP contribution in [-0.2, 0) is 13.0 Å². The largest absolute Gasteiger partial charge is 0.493 e. The van der Waals surface area contributed by atoms with Crippen LogP contribution in [0.5, 0.6) is 11.5 Å². The first-order valence-corrected chi connectivity index (χ1v) is 9.74. The number of methoxy groups -OCH3 is 2. The monoisotopic (exact) mass is 390 g/mol. The predicted molar refractivity (Wildman–Crippen MR) is 116 cm³/mol. The second kappa shape index (κ2) is 7.99. The lowest BCUT2D eigenvalue weighted by Crippen LogP contribution is -2.32. The highest BCUT2D eigenvalue weighted by Crippen LogP contribution is 2.34. The van der Waals surface area contributed by atoms with E-state index in [0.717, 1.165) is 54.2 Å². The van der Waals surface area contributed by atoms with Crippen molar-refractivity contribution in [2.45, 2.75) is 26.8 Å². The number of anilines is 3. The van der Waals surface area contributed by atoms with Crippen molar-refractivity contribution in [3.63, 3.8) is 0 Å². The van der Waals surface area contributed by atoms with Crippen LogP contribution in [0.4, 0.5) is 17.5 Å². The number of benzene rings is 2. The number of aromatic nitrogens is 2. The highest BCUT2D eigenvalue weighted by molar-refractivity contribution is 5.58. The predicted octanol–water partition coefficient (Wildman–Crippen LogP) is 4.42. The molecule has 1 aromatic heterocycles. The quantitative estimate of drug-likeness (QED) is 0.696. The van der Waals surface area contributed by atoms with Crippen molar-refractivity contribution in [1.82, 2.24) is 9.97 Å². The second-order valence-electron chi connectivity index (χ2n) is 7.33. The van der Waals surface area contributed by atoms with Gasteiger partial charge in [-0.3, -0.25) is 0 Å². The molecule has 6 heteroatoms. The molecule has 2 aromatic carbocycles. The molecule has 4 rings (SSSR count). The van der Waals surface area contributed by atoms with Crippen LogP contribution in [0, 0.1) is 13.8 Å². The topological polar surface area (TPSA) is 59.5 Å². The van der Waals surface area contributed by atoms with Gasteiger partial charge in [0, 0.05) is 30.5 Å². The number of nitrogens with one attached hydrogen (secondary N) is 1. The number of fused-ring (bicyclic) bond motifs is 1. The third-order valence-electron chi connectivity index (χ3n) is 5.17. The van der Waals surface area contributed by atoms with Crippen molar-refractivity contribution in [3.05, 3.63) is 64.8 Å². The van der Waals surface area contributed by atoms with Crippen molar-refractivity contribution in [2.24, 2.45) is 0 Å². The van der Waals surface area contributed by atoms with Crippen LogP contribution in [0.3, 0.4) is 0 Å². The Labute approximate surface area is 171 Å². The van der Waals surface area contributed by atoms with E-state index < -0.39 is 0 Å². The Hall–Kier alpha value is -3.28. The zero-order valence-electron chi connectivity index (χ0n) is 17.3. The lowest BCUT2D eigenvalue weighted by Gasteiger charge is -2.30. The van der Waals surface area contributed by atoms with Gasteiger partial charge in [-0.15, -0.1) is 0 Å². The summed E-state index contributed by atoms with van der Waals surface area (Å²) in [7, 11) is 3.33. The summed E-state index contributed by atoms with van der Waals surface area (Å²) in [6, 6.07) is 14.4. The van der Waals surface area contributed by atoms with E-state index in [1.54, 1.807) is 14.2 Å². The summed E-state index contributed by atoms with van der Waals surface area (Å²) in [5.41, 5.74) is 5.67. The Kier molecular flexibility index (Phi) is 5.25. The molecule has 0 saturated carbocycles. The maximum atomic E-state index is 5.47. The minimum Gasteiger partial charge on any atom is -0.493 e. The number of ether oxygens (including phenoxy) is 2. The summed E-state index contributed by atoms with van der Waals surface area (Å²) in [6.45, 7) is 5.67. The highest BCUT2D eigenvalue weighted by atomic mass is 16.5.